The van der Waals surface area contributed by atoms with Crippen LogP contribution < -0.4 is 4.74 Å². The van der Waals surface area contributed by atoms with Crippen molar-refractivity contribution >= 4 is 46.1 Å². The zero-order valence-corrected chi connectivity index (χ0v) is 11.0. The van der Waals surface area contributed by atoms with Crippen LogP contribution in [0.2, 0.25) is 14.5 Å². The molecule has 1 heterocycles. The third-order valence-corrected chi connectivity index (χ3v) is 3.49. The third kappa shape index (κ3) is 2.80. The van der Waals surface area contributed by atoms with E-state index in [-0.39, 0.29) is 0 Å². The molecule has 0 radical (unpaired) electrons. The van der Waals surface area contributed by atoms with Crippen LogP contribution in [-0.2, 0) is 6.61 Å². The van der Waals surface area contributed by atoms with Gasteiger partial charge in [0.05, 0.1) is 14.9 Å². The second kappa shape index (κ2) is 5.23. The molecular formula is C10H6Cl3NOS. The number of benzene rings is 1. The first-order chi connectivity index (χ1) is 7.66. The molecule has 84 valence electrons. The Labute approximate surface area is 112 Å². The van der Waals surface area contributed by atoms with E-state index < -0.39 is 0 Å². The van der Waals surface area contributed by atoms with Crippen LogP contribution in [0.3, 0.4) is 0 Å². The largest absolute Gasteiger partial charge is 0.485 e. The summed E-state index contributed by atoms with van der Waals surface area (Å²) in [6.07, 6.45) is 1.66. The maximum absolute atomic E-state index is 5.95. The zero-order valence-electron chi connectivity index (χ0n) is 7.91. The molecule has 2 rings (SSSR count). The second-order valence-corrected chi connectivity index (χ2v) is 5.43. The van der Waals surface area contributed by atoms with Gasteiger partial charge >= 0.3 is 0 Å². The van der Waals surface area contributed by atoms with Crippen LogP contribution in [0, 0.1) is 0 Å². The molecule has 1 aromatic heterocycles. The monoisotopic (exact) mass is 293 g/mol. The first-order valence-electron chi connectivity index (χ1n) is 4.34. The quantitative estimate of drug-likeness (QED) is 0.820. The van der Waals surface area contributed by atoms with E-state index in [1.165, 1.54) is 11.3 Å². The van der Waals surface area contributed by atoms with Crippen molar-refractivity contribution in [2.45, 2.75) is 6.61 Å². The minimum atomic E-state index is 0.355. The fourth-order valence-electron chi connectivity index (χ4n) is 1.11. The summed E-state index contributed by atoms with van der Waals surface area (Å²) >= 11 is 19.0. The molecule has 0 saturated heterocycles. The van der Waals surface area contributed by atoms with Crippen LogP contribution in [-0.4, -0.2) is 4.98 Å². The summed E-state index contributed by atoms with van der Waals surface area (Å²) in [5.41, 5.74) is 0. The molecule has 0 amide bonds. The van der Waals surface area contributed by atoms with Gasteiger partial charge in [0.15, 0.2) is 10.2 Å². The fourth-order valence-corrected chi connectivity index (χ4v) is 2.51. The Balaban J connectivity index is 2.10. The van der Waals surface area contributed by atoms with E-state index in [0.717, 1.165) is 4.88 Å². The zero-order chi connectivity index (χ0) is 11.5. The van der Waals surface area contributed by atoms with Crippen molar-refractivity contribution in [2.24, 2.45) is 0 Å². The number of hydrogen-bond acceptors (Lipinski definition) is 3. The summed E-state index contributed by atoms with van der Waals surface area (Å²) in [7, 11) is 0. The summed E-state index contributed by atoms with van der Waals surface area (Å²) in [6.45, 7) is 0.355. The summed E-state index contributed by atoms with van der Waals surface area (Å²) < 4.78 is 6.00. The fraction of sp³-hybridized carbons (Fsp3) is 0.100. The van der Waals surface area contributed by atoms with Crippen molar-refractivity contribution in [1.29, 1.82) is 0 Å². The van der Waals surface area contributed by atoms with Crippen molar-refractivity contribution in [1.82, 2.24) is 4.98 Å². The highest BCUT2D eigenvalue weighted by atomic mass is 35.5. The van der Waals surface area contributed by atoms with Gasteiger partial charge in [-0.2, -0.15) is 0 Å². The molecule has 0 aliphatic rings. The van der Waals surface area contributed by atoms with Gasteiger partial charge in [0.2, 0.25) is 0 Å². The minimum absolute atomic E-state index is 0.355. The minimum Gasteiger partial charge on any atom is -0.485 e. The lowest BCUT2D eigenvalue weighted by Crippen LogP contribution is -1.94. The van der Waals surface area contributed by atoms with Crippen molar-refractivity contribution < 1.29 is 4.74 Å². The Kier molecular flexibility index (Phi) is 3.92. The van der Waals surface area contributed by atoms with Gasteiger partial charge in [-0.1, -0.05) is 40.9 Å². The van der Waals surface area contributed by atoms with Gasteiger partial charge in [-0.25, -0.2) is 4.98 Å². The van der Waals surface area contributed by atoms with Gasteiger partial charge < -0.3 is 4.74 Å². The molecule has 0 atom stereocenters. The van der Waals surface area contributed by atoms with Gasteiger partial charge in [-0.05, 0) is 12.1 Å². The van der Waals surface area contributed by atoms with Gasteiger partial charge in [-0.15, -0.1) is 11.3 Å². The van der Waals surface area contributed by atoms with Crippen LogP contribution in [0.15, 0.2) is 24.4 Å². The standard InChI is InChI=1S/C10H6Cl3NOS/c11-7-2-1-3-8(12)9(7)15-5-6-4-14-10(13)16-6/h1-4H,5H2. The Hall–Kier alpha value is -0.480. The summed E-state index contributed by atoms with van der Waals surface area (Å²) in [4.78, 5) is 4.83. The van der Waals surface area contributed by atoms with E-state index >= 15 is 0 Å². The van der Waals surface area contributed by atoms with Crippen LogP contribution in [0.5, 0.6) is 5.75 Å². The van der Waals surface area contributed by atoms with E-state index in [1.54, 1.807) is 24.4 Å². The van der Waals surface area contributed by atoms with Crippen LogP contribution in [0.1, 0.15) is 4.88 Å². The molecule has 0 N–H and O–H groups in total. The average Bonchev–Trinajstić information content (AvgIpc) is 2.63. The molecule has 2 aromatic rings. The molecule has 0 bridgehead atoms. The Morgan fingerprint density at radius 1 is 1.19 bits per heavy atom. The number of aromatic nitrogens is 1. The molecule has 1 aromatic carbocycles. The number of nitrogens with zero attached hydrogens (tertiary/aromatic N) is 1. The topological polar surface area (TPSA) is 22.1 Å². The number of halogens is 3. The normalized spacial score (nSPS) is 10.4. The number of ether oxygens (including phenoxy) is 1. The second-order valence-electron chi connectivity index (χ2n) is 2.92. The molecule has 0 saturated carbocycles. The van der Waals surface area contributed by atoms with E-state index in [4.69, 9.17) is 39.5 Å². The van der Waals surface area contributed by atoms with Crippen molar-refractivity contribution in [3.63, 3.8) is 0 Å². The Bertz CT molecular complexity index is 480. The van der Waals surface area contributed by atoms with Crippen molar-refractivity contribution in [3.05, 3.63) is 43.8 Å². The predicted octanol–water partition coefficient (Wildman–Crippen LogP) is 4.68. The maximum atomic E-state index is 5.95. The molecule has 16 heavy (non-hydrogen) atoms. The molecule has 0 unspecified atom stereocenters. The Morgan fingerprint density at radius 3 is 2.44 bits per heavy atom. The first-order valence-corrected chi connectivity index (χ1v) is 6.29. The lowest BCUT2D eigenvalue weighted by molar-refractivity contribution is 0.310. The van der Waals surface area contributed by atoms with E-state index in [0.29, 0.717) is 26.9 Å². The van der Waals surface area contributed by atoms with E-state index in [2.05, 4.69) is 4.98 Å². The third-order valence-electron chi connectivity index (χ3n) is 1.80. The van der Waals surface area contributed by atoms with Gasteiger partial charge in [0.25, 0.3) is 0 Å². The lowest BCUT2D eigenvalue weighted by atomic mass is 10.3. The molecule has 6 heteroatoms. The van der Waals surface area contributed by atoms with Crippen molar-refractivity contribution in [3.8, 4) is 5.75 Å². The smallest absolute Gasteiger partial charge is 0.183 e. The summed E-state index contributed by atoms with van der Waals surface area (Å²) in [5.74, 6) is 0.482. The van der Waals surface area contributed by atoms with Crippen LogP contribution in [0.25, 0.3) is 0 Å². The SMILES string of the molecule is Clc1ncc(COc2c(Cl)cccc2Cl)s1. The summed E-state index contributed by atoms with van der Waals surface area (Å²) in [5, 5.41) is 0.978. The molecular weight excluding hydrogens is 289 g/mol. The van der Waals surface area contributed by atoms with Gasteiger partial charge in [-0.3, -0.25) is 0 Å². The average molecular weight is 295 g/mol. The molecule has 0 fully saturated rings. The molecule has 2 nitrogen and oxygen atoms in total. The predicted molar refractivity (Wildman–Crippen MR) is 67.9 cm³/mol. The van der Waals surface area contributed by atoms with Crippen LogP contribution >= 0.6 is 46.1 Å². The highest BCUT2D eigenvalue weighted by Gasteiger charge is 2.07. The first kappa shape index (κ1) is 12.0. The van der Waals surface area contributed by atoms with Crippen LogP contribution in [0.4, 0.5) is 0 Å². The highest BCUT2D eigenvalue weighted by molar-refractivity contribution is 7.15. The summed E-state index contributed by atoms with van der Waals surface area (Å²) in [6, 6.07) is 5.21. The lowest BCUT2D eigenvalue weighted by Gasteiger charge is -2.07. The van der Waals surface area contributed by atoms with E-state index in [1.807, 2.05) is 0 Å². The highest BCUT2D eigenvalue weighted by Crippen LogP contribution is 2.33. The molecule has 0 spiro atoms. The Morgan fingerprint density at radius 2 is 1.88 bits per heavy atom. The molecule has 0 aliphatic heterocycles. The number of hydrogen-bond donors (Lipinski definition) is 0. The van der Waals surface area contributed by atoms with E-state index in [9.17, 15) is 0 Å². The molecule has 0 aliphatic carbocycles. The maximum Gasteiger partial charge on any atom is 0.183 e. The van der Waals surface area contributed by atoms with Gasteiger partial charge in [0, 0.05) is 6.20 Å². The van der Waals surface area contributed by atoms with Gasteiger partial charge in [0.1, 0.15) is 6.61 Å². The van der Waals surface area contributed by atoms with Crippen molar-refractivity contribution in [2.75, 3.05) is 0 Å². The number of rotatable bonds is 3. The number of para-hydroxylation sites is 1. The number of thiazole rings is 1.